The average molecular weight is 299 g/mol. The summed E-state index contributed by atoms with van der Waals surface area (Å²) >= 11 is 0. The Morgan fingerprint density at radius 1 is 1.24 bits per heavy atom. The van der Waals surface area contributed by atoms with Gasteiger partial charge in [0.25, 0.3) is 0 Å². The molecule has 0 atom stereocenters. The highest BCUT2D eigenvalue weighted by Gasteiger charge is 2.27. The lowest BCUT2D eigenvalue weighted by Crippen LogP contribution is -2.47. The average Bonchev–Trinajstić information content (AvgIpc) is 2.37. The van der Waals surface area contributed by atoms with Crippen molar-refractivity contribution in [2.24, 2.45) is 17.6 Å². The number of amides is 2. The molecule has 0 aromatic heterocycles. The predicted octanol–water partition coefficient (Wildman–Crippen LogP) is -0.247. The summed E-state index contributed by atoms with van der Waals surface area (Å²) in [6, 6.07) is 0. The molecule has 0 radical (unpaired) electrons. The fraction of sp³-hybridized carbons (Fsp3) is 0.786. The van der Waals surface area contributed by atoms with Gasteiger partial charge in [-0.05, 0) is 18.8 Å². The number of nitrogens with two attached hydrogens (primary N) is 1. The molecular weight excluding hydrogens is 274 g/mol. The molecule has 120 valence electrons. The van der Waals surface area contributed by atoms with Gasteiger partial charge in [-0.2, -0.15) is 0 Å². The Morgan fingerprint density at radius 3 is 2.24 bits per heavy atom. The first-order chi connectivity index (χ1) is 9.79. The Hall–Kier alpha value is -1.63. The van der Waals surface area contributed by atoms with E-state index in [4.69, 9.17) is 10.8 Å². The number of nitrogens with zero attached hydrogens (tertiary/aromatic N) is 2. The third-order valence-corrected chi connectivity index (χ3v) is 3.56. The van der Waals surface area contributed by atoms with Crippen LogP contribution in [0.2, 0.25) is 0 Å². The molecule has 1 rings (SSSR count). The van der Waals surface area contributed by atoms with Crippen LogP contribution >= 0.6 is 0 Å². The van der Waals surface area contributed by atoms with E-state index in [1.807, 2.05) is 13.8 Å². The van der Waals surface area contributed by atoms with Gasteiger partial charge in [0.1, 0.15) is 0 Å². The number of carboxylic acid groups (broad SMARTS) is 1. The summed E-state index contributed by atoms with van der Waals surface area (Å²) in [5.41, 5.74) is 5.20. The van der Waals surface area contributed by atoms with Gasteiger partial charge in [-0.25, -0.2) is 0 Å². The summed E-state index contributed by atoms with van der Waals surface area (Å²) in [6.45, 7) is 5.78. The van der Waals surface area contributed by atoms with Crippen LogP contribution in [0.3, 0.4) is 0 Å². The SMILES string of the molecule is CC(C)CN(CC(N)=O)CC(=O)N1CCC(C(=O)O)CC1. The molecule has 0 aromatic carbocycles. The first-order valence-corrected chi connectivity index (χ1v) is 7.30. The third-order valence-electron chi connectivity index (χ3n) is 3.56. The van der Waals surface area contributed by atoms with Crippen LogP contribution in [0, 0.1) is 11.8 Å². The van der Waals surface area contributed by atoms with E-state index < -0.39 is 11.9 Å². The number of rotatable bonds is 7. The largest absolute Gasteiger partial charge is 0.481 e. The maximum atomic E-state index is 12.2. The van der Waals surface area contributed by atoms with Crippen LogP contribution in [0.5, 0.6) is 0 Å². The van der Waals surface area contributed by atoms with Crippen molar-refractivity contribution < 1.29 is 19.5 Å². The Bertz CT molecular complexity index is 390. The molecule has 1 aliphatic rings. The number of likely N-dealkylation sites (tertiary alicyclic amines) is 1. The summed E-state index contributed by atoms with van der Waals surface area (Å²) in [7, 11) is 0. The van der Waals surface area contributed by atoms with Gasteiger partial charge >= 0.3 is 5.97 Å². The van der Waals surface area contributed by atoms with E-state index in [0.29, 0.717) is 38.4 Å². The van der Waals surface area contributed by atoms with Crippen molar-refractivity contribution >= 4 is 17.8 Å². The van der Waals surface area contributed by atoms with Gasteiger partial charge in [0.05, 0.1) is 19.0 Å². The summed E-state index contributed by atoms with van der Waals surface area (Å²) in [6.07, 6.45) is 0.974. The Morgan fingerprint density at radius 2 is 1.81 bits per heavy atom. The van der Waals surface area contributed by atoms with Crippen molar-refractivity contribution in [2.75, 3.05) is 32.7 Å². The van der Waals surface area contributed by atoms with Crippen LogP contribution in [-0.4, -0.2) is 65.4 Å². The molecule has 1 fully saturated rings. The number of piperidine rings is 1. The molecule has 21 heavy (non-hydrogen) atoms. The molecule has 3 N–H and O–H groups in total. The smallest absolute Gasteiger partial charge is 0.306 e. The first kappa shape index (κ1) is 17.4. The molecule has 7 heteroatoms. The fourth-order valence-electron chi connectivity index (χ4n) is 2.59. The Labute approximate surface area is 125 Å². The fourth-order valence-corrected chi connectivity index (χ4v) is 2.59. The van der Waals surface area contributed by atoms with E-state index in [9.17, 15) is 14.4 Å². The van der Waals surface area contributed by atoms with E-state index in [-0.39, 0.29) is 24.9 Å². The zero-order valence-electron chi connectivity index (χ0n) is 12.7. The van der Waals surface area contributed by atoms with Crippen LogP contribution in [0.15, 0.2) is 0 Å². The van der Waals surface area contributed by atoms with Gasteiger partial charge in [0.2, 0.25) is 11.8 Å². The highest BCUT2D eigenvalue weighted by Crippen LogP contribution is 2.17. The van der Waals surface area contributed by atoms with E-state index in [0.717, 1.165) is 0 Å². The number of carbonyl (C=O) groups is 3. The Balaban J connectivity index is 2.50. The zero-order chi connectivity index (χ0) is 16.0. The number of carboxylic acids is 1. The predicted molar refractivity (Wildman–Crippen MR) is 77.4 cm³/mol. The molecule has 0 aliphatic carbocycles. The van der Waals surface area contributed by atoms with E-state index in [1.54, 1.807) is 9.80 Å². The molecule has 1 saturated heterocycles. The van der Waals surface area contributed by atoms with Crippen molar-refractivity contribution in [1.29, 1.82) is 0 Å². The second kappa shape index (κ2) is 7.97. The van der Waals surface area contributed by atoms with Crippen LogP contribution < -0.4 is 5.73 Å². The maximum absolute atomic E-state index is 12.2. The van der Waals surface area contributed by atoms with Gasteiger partial charge < -0.3 is 15.7 Å². The molecule has 1 aliphatic heterocycles. The van der Waals surface area contributed by atoms with Crippen molar-refractivity contribution in [1.82, 2.24) is 9.80 Å². The molecular formula is C14H25N3O4. The van der Waals surface area contributed by atoms with E-state index >= 15 is 0 Å². The molecule has 0 bridgehead atoms. The van der Waals surface area contributed by atoms with Gasteiger partial charge in [-0.3, -0.25) is 19.3 Å². The lowest BCUT2D eigenvalue weighted by Gasteiger charge is -2.32. The molecule has 2 amide bonds. The quantitative estimate of drug-likeness (QED) is 0.675. The topological polar surface area (TPSA) is 104 Å². The van der Waals surface area contributed by atoms with Crippen molar-refractivity contribution in [2.45, 2.75) is 26.7 Å². The number of carbonyl (C=O) groups excluding carboxylic acids is 2. The summed E-state index contributed by atoms with van der Waals surface area (Å²) in [5, 5.41) is 8.94. The minimum absolute atomic E-state index is 0.0650. The van der Waals surface area contributed by atoms with Gasteiger partial charge in [0, 0.05) is 19.6 Å². The van der Waals surface area contributed by atoms with Crippen LogP contribution in [0.25, 0.3) is 0 Å². The standard InChI is InChI=1S/C14H25N3O4/c1-10(2)7-16(8-12(15)18)9-13(19)17-5-3-11(4-6-17)14(20)21/h10-11H,3-9H2,1-2H3,(H2,15,18)(H,20,21). The van der Waals surface area contributed by atoms with Crippen LogP contribution in [0.1, 0.15) is 26.7 Å². The lowest BCUT2D eigenvalue weighted by molar-refractivity contribution is -0.146. The van der Waals surface area contributed by atoms with Crippen molar-refractivity contribution in [3.63, 3.8) is 0 Å². The number of aliphatic carboxylic acids is 1. The molecule has 0 unspecified atom stereocenters. The van der Waals surface area contributed by atoms with Crippen LogP contribution in [-0.2, 0) is 14.4 Å². The molecule has 0 aromatic rings. The highest BCUT2D eigenvalue weighted by molar-refractivity contribution is 5.80. The summed E-state index contributed by atoms with van der Waals surface area (Å²) in [4.78, 5) is 37.6. The molecule has 0 saturated carbocycles. The lowest BCUT2D eigenvalue weighted by atomic mass is 9.97. The van der Waals surface area contributed by atoms with Crippen molar-refractivity contribution in [3.05, 3.63) is 0 Å². The highest BCUT2D eigenvalue weighted by atomic mass is 16.4. The zero-order valence-corrected chi connectivity index (χ0v) is 12.7. The number of primary amides is 1. The van der Waals surface area contributed by atoms with Gasteiger partial charge in [0.15, 0.2) is 0 Å². The second-order valence-electron chi connectivity index (χ2n) is 6.02. The monoisotopic (exact) mass is 299 g/mol. The number of hydrogen-bond donors (Lipinski definition) is 2. The van der Waals surface area contributed by atoms with Crippen LogP contribution in [0.4, 0.5) is 0 Å². The first-order valence-electron chi connectivity index (χ1n) is 7.30. The Kier molecular flexibility index (Phi) is 6.61. The second-order valence-corrected chi connectivity index (χ2v) is 6.02. The summed E-state index contributed by atoms with van der Waals surface area (Å²) < 4.78 is 0. The minimum Gasteiger partial charge on any atom is -0.481 e. The summed E-state index contributed by atoms with van der Waals surface area (Å²) in [5.74, 6) is -1.34. The molecule has 7 nitrogen and oxygen atoms in total. The third kappa shape index (κ3) is 6.12. The molecule has 1 heterocycles. The van der Waals surface area contributed by atoms with E-state index in [2.05, 4.69) is 0 Å². The molecule has 0 spiro atoms. The maximum Gasteiger partial charge on any atom is 0.306 e. The minimum atomic E-state index is -0.794. The van der Waals surface area contributed by atoms with E-state index in [1.165, 1.54) is 0 Å². The normalized spacial score (nSPS) is 16.5. The van der Waals surface area contributed by atoms with Gasteiger partial charge in [-0.15, -0.1) is 0 Å². The van der Waals surface area contributed by atoms with Crippen molar-refractivity contribution in [3.8, 4) is 0 Å². The number of hydrogen-bond acceptors (Lipinski definition) is 4. The van der Waals surface area contributed by atoms with Gasteiger partial charge in [-0.1, -0.05) is 13.8 Å².